The highest BCUT2D eigenvalue weighted by molar-refractivity contribution is 7.89. The molecule has 0 aliphatic carbocycles. The number of nitrogens with zero attached hydrogens (tertiary/aromatic N) is 1. The maximum absolute atomic E-state index is 12.9. The van der Waals surface area contributed by atoms with Gasteiger partial charge in [-0.15, -0.1) is 11.3 Å². The van der Waals surface area contributed by atoms with Gasteiger partial charge in [-0.3, -0.25) is 0 Å². The van der Waals surface area contributed by atoms with Crippen LogP contribution in [-0.2, 0) is 10.0 Å². The van der Waals surface area contributed by atoms with Gasteiger partial charge in [0, 0.05) is 17.1 Å². The Morgan fingerprint density at radius 2 is 2.14 bits per heavy atom. The van der Waals surface area contributed by atoms with Crippen molar-refractivity contribution in [2.24, 2.45) is 0 Å². The van der Waals surface area contributed by atoms with Gasteiger partial charge in [-0.1, -0.05) is 6.07 Å². The summed E-state index contributed by atoms with van der Waals surface area (Å²) in [6.07, 6.45) is 1.78. The lowest BCUT2D eigenvalue weighted by Gasteiger charge is -2.23. The summed E-state index contributed by atoms with van der Waals surface area (Å²) in [5, 5.41) is 1.99. The average Bonchev–Trinajstić information content (AvgIpc) is 3.11. The first-order chi connectivity index (χ1) is 10.00. The van der Waals surface area contributed by atoms with E-state index >= 15 is 0 Å². The van der Waals surface area contributed by atoms with Crippen molar-refractivity contribution >= 4 is 27.0 Å². The van der Waals surface area contributed by atoms with E-state index in [0.29, 0.717) is 17.1 Å². The van der Waals surface area contributed by atoms with Crippen molar-refractivity contribution in [2.45, 2.75) is 30.7 Å². The molecule has 2 heterocycles. The molecule has 112 valence electrons. The number of anilines is 1. The number of nitrogen functional groups attached to an aromatic ring is 1. The van der Waals surface area contributed by atoms with Gasteiger partial charge >= 0.3 is 0 Å². The molecule has 0 radical (unpaired) electrons. The quantitative estimate of drug-likeness (QED) is 0.883. The Kier molecular flexibility index (Phi) is 3.77. The van der Waals surface area contributed by atoms with E-state index in [0.717, 1.165) is 23.3 Å². The van der Waals surface area contributed by atoms with E-state index in [4.69, 9.17) is 5.73 Å². The molecule has 1 saturated heterocycles. The Bertz CT molecular complexity index is 739. The van der Waals surface area contributed by atoms with Crippen molar-refractivity contribution in [2.75, 3.05) is 12.3 Å². The Hall–Kier alpha value is -1.37. The summed E-state index contributed by atoms with van der Waals surface area (Å²) in [6, 6.07) is 8.87. The number of rotatable bonds is 3. The zero-order chi connectivity index (χ0) is 15.0. The van der Waals surface area contributed by atoms with E-state index in [1.165, 1.54) is 0 Å². The van der Waals surface area contributed by atoms with Gasteiger partial charge in [0.25, 0.3) is 0 Å². The summed E-state index contributed by atoms with van der Waals surface area (Å²) in [7, 11) is -3.47. The van der Waals surface area contributed by atoms with Gasteiger partial charge in [0.15, 0.2) is 0 Å². The maximum atomic E-state index is 12.9. The Morgan fingerprint density at radius 3 is 2.81 bits per heavy atom. The van der Waals surface area contributed by atoms with Crippen LogP contribution in [-0.4, -0.2) is 19.3 Å². The minimum absolute atomic E-state index is 0.0344. The number of aryl methyl sites for hydroxylation is 1. The SMILES string of the molecule is Cc1cc(S(=O)(=O)N2CCCC2c2cccs2)ccc1N. The molecule has 21 heavy (non-hydrogen) atoms. The molecule has 1 aromatic carbocycles. The second-order valence-corrected chi connectivity index (χ2v) is 8.18. The molecule has 0 bridgehead atoms. The van der Waals surface area contributed by atoms with E-state index in [9.17, 15) is 8.42 Å². The number of hydrogen-bond donors (Lipinski definition) is 1. The number of thiophene rings is 1. The molecule has 1 atom stereocenters. The predicted molar refractivity (Wildman–Crippen MR) is 85.8 cm³/mol. The van der Waals surface area contributed by atoms with Gasteiger partial charge in [-0.05, 0) is 55.0 Å². The smallest absolute Gasteiger partial charge is 0.243 e. The minimum atomic E-state index is -3.47. The number of sulfonamides is 1. The molecule has 1 aromatic heterocycles. The maximum Gasteiger partial charge on any atom is 0.243 e. The molecule has 2 aromatic rings. The summed E-state index contributed by atoms with van der Waals surface area (Å²) in [6.45, 7) is 2.41. The van der Waals surface area contributed by atoms with Crippen LogP contribution in [0.2, 0.25) is 0 Å². The molecule has 1 aliphatic rings. The summed E-state index contributed by atoms with van der Waals surface area (Å²) in [5.41, 5.74) is 7.19. The molecular weight excluding hydrogens is 304 g/mol. The highest BCUT2D eigenvalue weighted by Gasteiger charge is 2.36. The van der Waals surface area contributed by atoms with Crippen molar-refractivity contribution in [3.05, 3.63) is 46.2 Å². The van der Waals surface area contributed by atoms with Crippen LogP contribution in [0.4, 0.5) is 5.69 Å². The first kappa shape index (κ1) is 14.6. The predicted octanol–water partition coefficient (Wildman–Crippen LogP) is 3.16. The molecule has 0 amide bonds. The van der Waals surface area contributed by atoms with E-state index in [2.05, 4.69) is 0 Å². The summed E-state index contributed by atoms with van der Waals surface area (Å²) in [5.74, 6) is 0. The number of benzene rings is 1. The van der Waals surface area contributed by atoms with Crippen molar-refractivity contribution in [3.63, 3.8) is 0 Å². The van der Waals surface area contributed by atoms with Crippen molar-refractivity contribution < 1.29 is 8.42 Å². The third-order valence-corrected chi connectivity index (χ3v) is 6.80. The first-order valence-corrected chi connectivity index (χ1v) is 9.23. The highest BCUT2D eigenvalue weighted by atomic mass is 32.2. The third-order valence-electron chi connectivity index (χ3n) is 3.92. The van der Waals surface area contributed by atoms with Crippen molar-refractivity contribution in [3.8, 4) is 0 Å². The summed E-state index contributed by atoms with van der Waals surface area (Å²) < 4.78 is 27.4. The number of nitrogens with two attached hydrogens (primary N) is 1. The van der Waals surface area contributed by atoms with E-state index in [-0.39, 0.29) is 6.04 Å². The average molecular weight is 322 g/mol. The van der Waals surface area contributed by atoms with Crippen LogP contribution in [0.1, 0.15) is 29.3 Å². The van der Waals surface area contributed by atoms with Crippen LogP contribution in [0, 0.1) is 6.92 Å². The lowest BCUT2D eigenvalue weighted by atomic mass is 10.2. The zero-order valence-corrected chi connectivity index (χ0v) is 13.5. The Labute approximate surface area is 129 Å². The largest absolute Gasteiger partial charge is 0.399 e. The van der Waals surface area contributed by atoms with Crippen molar-refractivity contribution in [1.29, 1.82) is 0 Å². The molecule has 0 spiro atoms. The molecule has 6 heteroatoms. The summed E-state index contributed by atoms with van der Waals surface area (Å²) in [4.78, 5) is 1.45. The molecule has 3 rings (SSSR count). The van der Waals surface area contributed by atoms with E-state index in [1.54, 1.807) is 33.8 Å². The van der Waals surface area contributed by atoms with Crippen LogP contribution in [0.25, 0.3) is 0 Å². The fourth-order valence-electron chi connectivity index (χ4n) is 2.74. The lowest BCUT2D eigenvalue weighted by Crippen LogP contribution is -2.30. The molecular formula is C15H18N2O2S2. The number of hydrogen-bond acceptors (Lipinski definition) is 4. The van der Waals surface area contributed by atoms with Crippen molar-refractivity contribution in [1.82, 2.24) is 4.31 Å². The molecule has 1 unspecified atom stereocenters. The van der Waals surface area contributed by atoms with Gasteiger partial charge in [-0.2, -0.15) is 4.31 Å². The monoisotopic (exact) mass is 322 g/mol. The normalized spacial score (nSPS) is 20.0. The van der Waals surface area contributed by atoms with Crippen LogP contribution >= 0.6 is 11.3 Å². The van der Waals surface area contributed by atoms with E-state index < -0.39 is 10.0 Å². The Balaban J connectivity index is 1.99. The Morgan fingerprint density at radius 1 is 1.33 bits per heavy atom. The summed E-state index contributed by atoms with van der Waals surface area (Å²) >= 11 is 1.61. The van der Waals surface area contributed by atoms with Crippen LogP contribution < -0.4 is 5.73 Å². The zero-order valence-electron chi connectivity index (χ0n) is 11.8. The van der Waals surface area contributed by atoms with Gasteiger partial charge < -0.3 is 5.73 Å². The van der Waals surface area contributed by atoms with Gasteiger partial charge in [-0.25, -0.2) is 8.42 Å². The first-order valence-electron chi connectivity index (χ1n) is 6.91. The topological polar surface area (TPSA) is 63.4 Å². The third kappa shape index (κ3) is 2.59. The second kappa shape index (κ2) is 5.44. The fourth-order valence-corrected chi connectivity index (χ4v) is 5.44. The molecule has 2 N–H and O–H groups in total. The molecule has 4 nitrogen and oxygen atoms in total. The van der Waals surface area contributed by atoms with Crippen LogP contribution in [0.15, 0.2) is 40.6 Å². The van der Waals surface area contributed by atoms with Crippen LogP contribution in [0.3, 0.4) is 0 Å². The second-order valence-electron chi connectivity index (χ2n) is 5.31. The standard InChI is InChI=1S/C15H18N2O2S2/c1-11-10-12(6-7-13(11)16)21(18,19)17-8-2-4-14(17)15-5-3-9-20-15/h3,5-7,9-10,14H,2,4,8,16H2,1H3. The lowest BCUT2D eigenvalue weighted by molar-refractivity contribution is 0.401. The molecule has 1 aliphatic heterocycles. The molecule has 0 saturated carbocycles. The highest BCUT2D eigenvalue weighted by Crippen LogP contribution is 2.38. The van der Waals surface area contributed by atoms with E-state index in [1.807, 2.05) is 24.4 Å². The van der Waals surface area contributed by atoms with Gasteiger partial charge in [0.1, 0.15) is 0 Å². The van der Waals surface area contributed by atoms with Crippen LogP contribution in [0.5, 0.6) is 0 Å². The fraction of sp³-hybridized carbons (Fsp3) is 0.333. The van der Waals surface area contributed by atoms with Gasteiger partial charge in [0.2, 0.25) is 10.0 Å². The molecule has 1 fully saturated rings. The van der Waals surface area contributed by atoms with Gasteiger partial charge in [0.05, 0.1) is 10.9 Å². The minimum Gasteiger partial charge on any atom is -0.399 e.